The molecule has 0 amide bonds. The summed E-state index contributed by atoms with van der Waals surface area (Å²) in [5.41, 5.74) is 12.0. The van der Waals surface area contributed by atoms with Crippen LogP contribution in [0.3, 0.4) is 0 Å². The van der Waals surface area contributed by atoms with E-state index in [1.54, 1.807) is 22.3 Å². The van der Waals surface area contributed by atoms with Gasteiger partial charge in [-0.3, -0.25) is 0 Å². The molecule has 0 saturated heterocycles. The third-order valence-electron chi connectivity index (χ3n) is 9.30. The zero-order valence-electron chi connectivity index (χ0n) is 45.9. The van der Waals surface area contributed by atoms with Crippen LogP contribution in [0.15, 0.2) is 182 Å². The van der Waals surface area contributed by atoms with Crippen molar-refractivity contribution in [2.45, 2.75) is 155 Å². The van der Waals surface area contributed by atoms with E-state index in [4.69, 9.17) is 0 Å². The fourth-order valence-corrected chi connectivity index (χ4v) is 6.79. The Morgan fingerprint density at radius 2 is 0.412 bits per heavy atom. The molecule has 368 valence electrons. The second kappa shape index (κ2) is 37.7. The summed E-state index contributed by atoms with van der Waals surface area (Å²) in [7, 11) is 0. The molecule has 0 aliphatic heterocycles. The van der Waals surface area contributed by atoms with Gasteiger partial charge < -0.3 is 0 Å². The van der Waals surface area contributed by atoms with E-state index in [-0.39, 0.29) is 0 Å². The Morgan fingerprint density at radius 1 is 0.221 bits per heavy atom. The summed E-state index contributed by atoms with van der Waals surface area (Å²) in [5, 5.41) is 2.62. The fraction of sp³-hybridized carbons (Fsp3) is 0.412. The maximum absolute atomic E-state index is 2.26. The molecule has 7 aromatic carbocycles. The standard InChI is InChI=1S/C13H10.C10H12.C10H8.C9H10.C6H6.5C4H10/c1-3-7-12-10(5-1)9-11-6-2-4-8-13(11)12;2*1-2-6-10-8-4-3-7-9(10)5-1;1-2-5-9-7-3-6-8(9)4-1;1-2-4-6-5-3-1;5*1-4(2)3/h1-8H,9H2;1-2,5-6H,3-4,7-8H2;1-8H;1-2,4-5H,3,6-7H2;1-6H;5*4H,1-3H3. The van der Waals surface area contributed by atoms with Gasteiger partial charge in [-0.05, 0) is 136 Å². The highest BCUT2D eigenvalue weighted by Crippen LogP contribution is 2.35. The first-order valence-corrected chi connectivity index (χ1v) is 26.2. The third kappa shape index (κ3) is 31.0. The minimum Gasteiger partial charge on any atom is -0.0630 e. The molecule has 0 heteroatoms. The van der Waals surface area contributed by atoms with Crippen molar-refractivity contribution < 1.29 is 0 Å². The Hall–Kier alpha value is -5.20. The minimum atomic E-state index is 0.833. The molecule has 3 aliphatic rings. The lowest BCUT2D eigenvalue weighted by Gasteiger charge is -2.13. The molecule has 0 bridgehead atoms. The summed E-state index contributed by atoms with van der Waals surface area (Å²) in [4.78, 5) is 0. The molecular weight excluding hydrogens is 817 g/mol. The van der Waals surface area contributed by atoms with Gasteiger partial charge in [0.25, 0.3) is 0 Å². The average molecular weight is 914 g/mol. The van der Waals surface area contributed by atoms with Gasteiger partial charge in [-0.2, -0.15) is 0 Å². The summed E-state index contributed by atoms with van der Waals surface area (Å²) in [6.07, 6.45) is 10.4. The van der Waals surface area contributed by atoms with Crippen LogP contribution in [0.4, 0.5) is 0 Å². The molecule has 3 aliphatic carbocycles. The molecule has 0 saturated carbocycles. The lowest BCUT2D eigenvalue weighted by molar-refractivity contribution is 0.685. The van der Waals surface area contributed by atoms with Crippen LogP contribution >= 0.6 is 0 Å². The van der Waals surface area contributed by atoms with Crippen molar-refractivity contribution in [2.24, 2.45) is 29.6 Å². The molecule has 0 nitrogen and oxygen atoms in total. The Bertz CT molecular complexity index is 2000. The fourth-order valence-electron chi connectivity index (χ4n) is 6.79. The SMILES string of the molecule is CC(C)C.CC(C)C.CC(C)C.CC(C)C.CC(C)C.c1ccc2c(c1)CCC2.c1ccc2c(c1)CCCC2.c1ccc2c(c1)Cc1ccccc1-2.c1ccc2ccccc2c1.c1ccccc1. The molecule has 0 fully saturated rings. The van der Waals surface area contributed by atoms with Crippen molar-refractivity contribution in [3.63, 3.8) is 0 Å². The van der Waals surface area contributed by atoms with E-state index < -0.39 is 0 Å². The van der Waals surface area contributed by atoms with Crippen LogP contribution < -0.4 is 0 Å². The Kier molecular flexibility index (Phi) is 33.8. The Balaban J connectivity index is 0.000000392. The quantitative estimate of drug-likeness (QED) is 0.142. The highest BCUT2D eigenvalue weighted by atomic mass is 14.2. The molecule has 0 radical (unpaired) electrons. The van der Waals surface area contributed by atoms with Gasteiger partial charge in [-0.1, -0.05) is 286 Å². The van der Waals surface area contributed by atoms with Crippen LogP contribution in [0, 0.1) is 29.6 Å². The van der Waals surface area contributed by atoms with Crippen molar-refractivity contribution in [1.29, 1.82) is 0 Å². The summed E-state index contributed by atoms with van der Waals surface area (Å²) in [5.74, 6) is 4.17. The number of fused-ring (bicyclic) bond motifs is 6. The lowest BCUT2D eigenvalue weighted by Crippen LogP contribution is -2.00. The average Bonchev–Trinajstić information content (AvgIpc) is 3.95. The van der Waals surface area contributed by atoms with E-state index >= 15 is 0 Å². The summed E-state index contributed by atoms with van der Waals surface area (Å²) < 4.78 is 0. The predicted molar refractivity (Wildman–Crippen MR) is 309 cm³/mol. The van der Waals surface area contributed by atoms with Crippen molar-refractivity contribution in [1.82, 2.24) is 0 Å². The topological polar surface area (TPSA) is 0 Å². The maximum atomic E-state index is 2.26. The van der Waals surface area contributed by atoms with E-state index in [1.807, 2.05) is 36.4 Å². The number of hydrogen-bond donors (Lipinski definition) is 0. The van der Waals surface area contributed by atoms with E-state index in [0.717, 1.165) is 36.0 Å². The van der Waals surface area contributed by atoms with E-state index in [9.17, 15) is 0 Å². The van der Waals surface area contributed by atoms with E-state index in [0.29, 0.717) is 0 Å². The van der Waals surface area contributed by atoms with Crippen LogP contribution in [0.2, 0.25) is 0 Å². The van der Waals surface area contributed by atoms with Crippen LogP contribution in [-0.2, 0) is 32.1 Å². The summed E-state index contributed by atoms with van der Waals surface area (Å²) in [6.45, 7) is 32.5. The van der Waals surface area contributed by atoms with Gasteiger partial charge in [0.05, 0.1) is 0 Å². The zero-order valence-corrected chi connectivity index (χ0v) is 45.9. The number of benzene rings is 7. The van der Waals surface area contributed by atoms with Crippen LogP contribution in [0.5, 0.6) is 0 Å². The van der Waals surface area contributed by atoms with Gasteiger partial charge in [-0.15, -0.1) is 0 Å². The summed E-state index contributed by atoms with van der Waals surface area (Å²) in [6, 6.07) is 63.6. The molecule has 0 atom stereocenters. The van der Waals surface area contributed by atoms with Gasteiger partial charge in [-0.25, -0.2) is 0 Å². The Morgan fingerprint density at radius 3 is 0.662 bits per heavy atom. The minimum absolute atomic E-state index is 0.833. The largest absolute Gasteiger partial charge is 0.0630 e. The molecule has 7 aromatic rings. The highest BCUT2D eigenvalue weighted by molar-refractivity contribution is 5.82. The lowest BCUT2D eigenvalue weighted by atomic mass is 9.92. The molecule has 68 heavy (non-hydrogen) atoms. The van der Waals surface area contributed by atoms with Gasteiger partial charge in [0.1, 0.15) is 0 Å². The number of rotatable bonds is 0. The van der Waals surface area contributed by atoms with Crippen molar-refractivity contribution in [3.8, 4) is 11.1 Å². The van der Waals surface area contributed by atoms with Crippen LogP contribution in [-0.4, -0.2) is 0 Å². The van der Waals surface area contributed by atoms with Gasteiger partial charge >= 0.3 is 0 Å². The van der Waals surface area contributed by atoms with Crippen molar-refractivity contribution >= 4 is 10.8 Å². The predicted octanol–water partition coefficient (Wildman–Crippen LogP) is 20.8. The second-order valence-electron chi connectivity index (χ2n) is 21.3. The molecule has 0 aromatic heterocycles. The van der Waals surface area contributed by atoms with Gasteiger partial charge in [0, 0.05) is 0 Å². The third-order valence-corrected chi connectivity index (χ3v) is 9.30. The Labute approximate surface area is 420 Å². The van der Waals surface area contributed by atoms with E-state index in [1.165, 1.54) is 78.0 Å². The number of hydrogen-bond acceptors (Lipinski definition) is 0. The first-order valence-electron chi connectivity index (χ1n) is 26.2. The highest BCUT2D eigenvalue weighted by Gasteiger charge is 2.16. The van der Waals surface area contributed by atoms with Gasteiger partial charge in [0.15, 0.2) is 0 Å². The zero-order chi connectivity index (χ0) is 50.5. The molecule has 10 rings (SSSR count). The van der Waals surface area contributed by atoms with Crippen molar-refractivity contribution in [2.75, 3.05) is 0 Å². The molecular formula is C68H96. The van der Waals surface area contributed by atoms with Crippen molar-refractivity contribution in [3.05, 3.63) is 215 Å². The first-order chi connectivity index (χ1) is 32.5. The smallest absolute Gasteiger partial charge is 0.00135 e. The maximum Gasteiger partial charge on any atom is -0.00135 e. The number of aryl methyl sites for hydroxylation is 4. The summed E-state index contributed by atoms with van der Waals surface area (Å²) >= 11 is 0. The van der Waals surface area contributed by atoms with E-state index in [2.05, 4.69) is 249 Å². The van der Waals surface area contributed by atoms with Crippen LogP contribution in [0.25, 0.3) is 21.9 Å². The van der Waals surface area contributed by atoms with Gasteiger partial charge in [0.2, 0.25) is 0 Å². The van der Waals surface area contributed by atoms with Crippen LogP contribution in [0.1, 0.15) is 156 Å². The second-order valence-corrected chi connectivity index (χ2v) is 21.3. The molecule has 0 heterocycles. The normalized spacial score (nSPS) is 11.6. The molecule has 0 N–H and O–H groups in total. The monoisotopic (exact) mass is 913 g/mol. The first kappa shape index (κ1) is 60.8. The molecule has 0 spiro atoms. The molecule has 0 unspecified atom stereocenters.